The number of para-hydroxylation sites is 1. The number of carboxylic acid groups (broad SMARTS) is 1. The highest BCUT2D eigenvalue weighted by atomic mass is 35.5. The number of rotatable bonds is 8. The zero-order valence-corrected chi connectivity index (χ0v) is 14.1. The molecule has 0 spiro atoms. The van der Waals surface area contributed by atoms with Gasteiger partial charge in [0.15, 0.2) is 0 Å². The van der Waals surface area contributed by atoms with Crippen LogP contribution < -0.4 is 10.1 Å². The molecule has 6 nitrogen and oxygen atoms in total. The van der Waals surface area contributed by atoms with Crippen LogP contribution in [-0.2, 0) is 14.3 Å². The molecule has 1 aromatic carbocycles. The van der Waals surface area contributed by atoms with Gasteiger partial charge >= 0.3 is 5.97 Å². The molecule has 1 heterocycles. The Morgan fingerprint density at radius 3 is 2.88 bits per heavy atom. The second kappa shape index (κ2) is 9.49. The van der Waals surface area contributed by atoms with Gasteiger partial charge in [-0.3, -0.25) is 4.79 Å². The molecule has 1 saturated heterocycles. The Kier molecular flexibility index (Phi) is 7.34. The fourth-order valence-corrected chi connectivity index (χ4v) is 2.82. The van der Waals surface area contributed by atoms with Crippen molar-refractivity contribution in [2.24, 2.45) is 5.92 Å². The number of carbonyl (C=O) groups is 2. The molecular formula is C17H22ClNO5. The second-order valence-corrected chi connectivity index (χ2v) is 6.15. The van der Waals surface area contributed by atoms with E-state index in [1.165, 1.54) is 0 Å². The molecule has 0 bridgehead atoms. The lowest BCUT2D eigenvalue weighted by molar-refractivity contribution is -0.145. The highest BCUT2D eigenvalue weighted by molar-refractivity contribution is 6.32. The van der Waals surface area contributed by atoms with Gasteiger partial charge in [0.2, 0.25) is 5.91 Å². The molecule has 2 rings (SSSR count). The molecule has 1 aromatic rings. The van der Waals surface area contributed by atoms with E-state index in [-0.39, 0.29) is 18.2 Å². The molecule has 1 fully saturated rings. The molecule has 0 saturated carbocycles. The monoisotopic (exact) mass is 355 g/mol. The topological polar surface area (TPSA) is 84.9 Å². The highest BCUT2D eigenvalue weighted by Gasteiger charge is 2.31. The lowest BCUT2D eigenvalue weighted by atomic mass is 9.93. The molecule has 2 N–H and O–H groups in total. The third kappa shape index (κ3) is 5.69. The van der Waals surface area contributed by atoms with E-state index in [1.807, 2.05) is 12.1 Å². The predicted molar refractivity (Wildman–Crippen MR) is 89.3 cm³/mol. The number of carbonyl (C=O) groups excluding carboxylic acids is 1. The van der Waals surface area contributed by atoms with Crippen molar-refractivity contribution >= 4 is 23.5 Å². The van der Waals surface area contributed by atoms with E-state index in [0.717, 1.165) is 12.8 Å². The van der Waals surface area contributed by atoms with Crippen LogP contribution in [0.3, 0.4) is 0 Å². The molecule has 1 aliphatic rings. The van der Waals surface area contributed by atoms with Crippen molar-refractivity contribution in [3.8, 4) is 5.75 Å². The molecule has 1 aliphatic heterocycles. The second-order valence-electron chi connectivity index (χ2n) is 5.74. The van der Waals surface area contributed by atoms with E-state index in [0.29, 0.717) is 37.0 Å². The summed E-state index contributed by atoms with van der Waals surface area (Å²) >= 11 is 5.97. The first kappa shape index (κ1) is 18.5. The van der Waals surface area contributed by atoms with E-state index in [4.69, 9.17) is 21.1 Å². The Morgan fingerprint density at radius 2 is 2.21 bits per heavy atom. The maximum Gasteiger partial charge on any atom is 0.326 e. The smallest absolute Gasteiger partial charge is 0.326 e. The number of nitrogens with one attached hydrogen (secondary N) is 1. The molecular weight excluding hydrogens is 334 g/mol. The first-order valence-corrected chi connectivity index (χ1v) is 8.43. The van der Waals surface area contributed by atoms with Crippen LogP contribution in [0.1, 0.15) is 25.7 Å². The van der Waals surface area contributed by atoms with Gasteiger partial charge in [-0.25, -0.2) is 4.79 Å². The summed E-state index contributed by atoms with van der Waals surface area (Å²) in [5.74, 6) is -0.927. The molecule has 7 heteroatoms. The van der Waals surface area contributed by atoms with Crippen molar-refractivity contribution in [1.82, 2.24) is 5.32 Å². The van der Waals surface area contributed by atoms with E-state index in [1.54, 1.807) is 12.1 Å². The van der Waals surface area contributed by atoms with Crippen LogP contribution in [0.25, 0.3) is 0 Å². The molecule has 1 amide bonds. The average Bonchev–Trinajstić information content (AvgIpc) is 2.58. The lowest BCUT2D eigenvalue weighted by Gasteiger charge is -2.28. The molecule has 2 atom stereocenters. The van der Waals surface area contributed by atoms with Crippen LogP contribution in [-0.4, -0.2) is 42.8 Å². The van der Waals surface area contributed by atoms with Crippen LogP contribution in [0.4, 0.5) is 0 Å². The molecule has 0 aliphatic carbocycles. The Bertz CT molecular complexity index is 560. The van der Waals surface area contributed by atoms with Crippen LogP contribution in [0.5, 0.6) is 5.75 Å². The van der Waals surface area contributed by atoms with E-state index < -0.39 is 12.0 Å². The summed E-state index contributed by atoms with van der Waals surface area (Å²) in [6.45, 7) is 1.35. The maximum atomic E-state index is 12.0. The fourth-order valence-electron chi connectivity index (χ4n) is 2.63. The lowest BCUT2D eigenvalue weighted by Crippen LogP contribution is -2.48. The summed E-state index contributed by atoms with van der Waals surface area (Å²) in [4.78, 5) is 23.4. The Morgan fingerprint density at radius 1 is 1.42 bits per heavy atom. The molecule has 2 unspecified atom stereocenters. The Hall–Kier alpha value is -1.79. The molecule has 0 radical (unpaired) electrons. The quantitative estimate of drug-likeness (QED) is 0.700. The Balaban J connectivity index is 1.73. The van der Waals surface area contributed by atoms with Gasteiger partial charge in [0, 0.05) is 18.9 Å². The van der Waals surface area contributed by atoms with Crippen molar-refractivity contribution in [1.29, 1.82) is 0 Å². The zero-order valence-electron chi connectivity index (χ0n) is 13.4. The number of carboxylic acids is 1. The van der Waals surface area contributed by atoms with Crippen LogP contribution in [0.2, 0.25) is 5.02 Å². The number of hydrogen-bond donors (Lipinski definition) is 2. The maximum absolute atomic E-state index is 12.0. The third-order valence-electron chi connectivity index (χ3n) is 3.89. The summed E-state index contributed by atoms with van der Waals surface area (Å²) < 4.78 is 10.8. The standard InChI is InChI=1S/C17H22ClNO5/c18-13-6-1-2-7-14(13)24-10-4-8-15(20)19-16(17(21)22)12-5-3-9-23-11-12/h1-2,6-7,12,16H,3-5,8-11H2,(H,19,20)(H,21,22). The third-order valence-corrected chi connectivity index (χ3v) is 4.20. The number of hydrogen-bond acceptors (Lipinski definition) is 4. The van der Waals surface area contributed by atoms with Gasteiger partial charge in [0.1, 0.15) is 11.8 Å². The number of amides is 1. The van der Waals surface area contributed by atoms with Crippen molar-refractivity contribution in [3.63, 3.8) is 0 Å². The van der Waals surface area contributed by atoms with Gasteiger partial charge in [-0.1, -0.05) is 23.7 Å². The van der Waals surface area contributed by atoms with Gasteiger partial charge in [-0.2, -0.15) is 0 Å². The highest BCUT2D eigenvalue weighted by Crippen LogP contribution is 2.23. The first-order chi connectivity index (χ1) is 11.6. The molecule has 0 aromatic heterocycles. The van der Waals surface area contributed by atoms with Crippen molar-refractivity contribution in [2.75, 3.05) is 19.8 Å². The van der Waals surface area contributed by atoms with Gasteiger partial charge in [-0.15, -0.1) is 0 Å². The SMILES string of the molecule is O=C(CCCOc1ccccc1Cl)NC(C(=O)O)C1CCCOC1. The van der Waals surface area contributed by atoms with Crippen LogP contribution in [0, 0.1) is 5.92 Å². The number of aliphatic carboxylic acids is 1. The van der Waals surface area contributed by atoms with E-state index in [2.05, 4.69) is 5.32 Å². The number of ether oxygens (including phenoxy) is 2. The molecule has 24 heavy (non-hydrogen) atoms. The fraction of sp³-hybridized carbons (Fsp3) is 0.529. The first-order valence-electron chi connectivity index (χ1n) is 8.05. The van der Waals surface area contributed by atoms with Crippen LogP contribution >= 0.6 is 11.6 Å². The predicted octanol–water partition coefficient (Wildman–Crippen LogP) is 2.50. The minimum Gasteiger partial charge on any atom is -0.492 e. The molecule has 132 valence electrons. The summed E-state index contributed by atoms with van der Waals surface area (Å²) in [5.41, 5.74) is 0. The number of benzene rings is 1. The normalized spacial score (nSPS) is 18.6. The summed E-state index contributed by atoms with van der Waals surface area (Å²) in [5, 5.41) is 12.4. The van der Waals surface area contributed by atoms with Gasteiger partial charge in [0.05, 0.1) is 18.2 Å². The van der Waals surface area contributed by atoms with Crippen molar-refractivity contribution in [2.45, 2.75) is 31.7 Å². The summed E-state index contributed by atoms with van der Waals surface area (Å²) in [6, 6.07) is 6.21. The zero-order chi connectivity index (χ0) is 17.4. The van der Waals surface area contributed by atoms with Crippen molar-refractivity contribution in [3.05, 3.63) is 29.3 Å². The largest absolute Gasteiger partial charge is 0.492 e. The summed E-state index contributed by atoms with van der Waals surface area (Å²) in [7, 11) is 0. The van der Waals surface area contributed by atoms with E-state index in [9.17, 15) is 14.7 Å². The Labute approximate surface area is 146 Å². The van der Waals surface area contributed by atoms with E-state index >= 15 is 0 Å². The average molecular weight is 356 g/mol. The minimum atomic E-state index is -1.02. The number of halogens is 1. The van der Waals surface area contributed by atoms with Crippen molar-refractivity contribution < 1.29 is 24.2 Å². The van der Waals surface area contributed by atoms with Gasteiger partial charge < -0.3 is 19.9 Å². The minimum absolute atomic E-state index is 0.181. The van der Waals surface area contributed by atoms with Gasteiger partial charge in [-0.05, 0) is 31.4 Å². The van der Waals surface area contributed by atoms with Gasteiger partial charge in [0.25, 0.3) is 0 Å². The van der Waals surface area contributed by atoms with Crippen LogP contribution in [0.15, 0.2) is 24.3 Å². The summed E-state index contributed by atoms with van der Waals surface area (Å²) in [6.07, 6.45) is 2.23.